The lowest BCUT2D eigenvalue weighted by atomic mass is 10.0. The van der Waals surface area contributed by atoms with Crippen molar-refractivity contribution in [1.82, 2.24) is 20.2 Å². The van der Waals surface area contributed by atoms with E-state index in [1.165, 1.54) is 22.5 Å². The van der Waals surface area contributed by atoms with Gasteiger partial charge in [0.15, 0.2) is 0 Å². The Morgan fingerprint density at radius 3 is 2.90 bits per heavy atom. The van der Waals surface area contributed by atoms with E-state index in [2.05, 4.69) is 20.2 Å². The average molecular weight is 442 g/mol. The zero-order chi connectivity index (χ0) is 21.6. The molecule has 1 atom stereocenters. The summed E-state index contributed by atoms with van der Waals surface area (Å²) in [4.78, 5) is 13.7. The third-order valence-electron chi connectivity index (χ3n) is 5.04. The van der Waals surface area contributed by atoms with Crippen LogP contribution in [0.15, 0.2) is 47.8 Å². The number of nitrogens with zero attached hydrogens (tertiary/aromatic N) is 3. The van der Waals surface area contributed by atoms with Crippen molar-refractivity contribution >= 4 is 23.3 Å². The van der Waals surface area contributed by atoms with Crippen LogP contribution in [0.5, 0.6) is 0 Å². The summed E-state index contributed by atoms with van der Waals surface area (Å²) in [5.41, 5.74) is 3.72. The number of carbonyl (C=O) groups excluding carboxylic acids is 1. The minimum absolute atomic E-state index is 0.237. The fourth-order valence-electron chi connectivity index (χ4n) is 3.49. The molecule has 7 nitrogen and oxygen atoms in total. The molecule has 4 rings (SSSR count). The molecule has 2 heterocycles. The van der Waals surface area contributed by atoms with Gasteiger partial charge in [-0.1, -0.05) is 29.6 Å². The van der Waals surface area contributed by atoms with Crippen molar-refractivity contribution in [3.8, 4) is 11.1 Å². The second kappa shape index (κ2) is 9.95. The zero-order valence-corrected chi connectivity index (χ0v) is 18.0. The molecule has 2 aromatic carbocycles. The maximum absolute atomic E-state index is 15.0. The normalized spacial score (nSPS) is 16.0. The highest BCUT2D eigenvalue weighted by Gasteiger charge is 2.32. The van der Waals surface area contributed by atoms with E-state index in [1.54, 1.807) is 12.1 Å². The third-order valence-corrected chi connectivity index (χ3v) is 5.59. The number of halogens is 1. The Balaban J connectivity index is 1.44. The summed E-state index contributed by atoms with van der Waals surface area (Å²) in [5, 5.41) is 12.4. The number of aromatic nitrogens is 2. The Morgan fingerprint density at radius 1 is 1.23 bits per heavy atom. The summed E-state index contributed by atoms with van der Waals surface area (Å²) in [6.45, 7) is 5.04. The highest BCUT2D eigenvalue weighted by molar-refractivity contribution is 7.03. The molecule has 0 aliphatic carbocycles. The molecule has 1 aliphatic heterocycles. The van der Waals surface area contributed by atoms with E-state index in [0.717, 1.165) is 23.4 Å². The number of hydrogen-bond acceptors (Lipinski definition) is 7. The number of cyclic esters (lactones) is 1. The molecule has 162 valence electrons. The van der Waals surface area contributed by atoms with Crippen LogP contribution < -0.4 is 15.5 Å². The van der Waals surface area contributed by atoms with Crippen molar-refractivity contribution in [1.29, 1.82) is 0 Å². The van der Waals surface area contributed by atoms with Crippen molar-refractivity contribution in [3.63, 3.8) is 0 Å². The van der Waals surface area contributed by atoms with E-state index < -0.39 is 6.09 Å². The number of nitrogens with one attached hydrogen (secondary N) is 2. The van der Waals surface area contributed by atoms with E-state index in [-0.39, 0.29) is 11.9 Å². The number of ether oxygens (including phenoxy) is 1. The molecular formula is C22H24FN5O2S. The lowest BCUT2D eigenvalue weighted by Gasteiger charge is -2.15. The summed E-state index contributed by atoms with van der Waals surface area (Å²) in [7, 11) is 0. The van der Waals surface area contributed by atoms with Gasteiger partial charge in [0.05, 0.1) is 17.9 Å². The molecule has 1 aliphatic rings. The lowest BCUT2D eigenvalue weighted by molar-refractivity contribution is 0.140. The van der Waals surface area contributed by atoms with Crippen molar-refractivity contribution in [3.05, 3.63) is 64.9 Å². The molecule has 1 saturated heterocycles. The Labute approximate surface area is 184 Å². The van der Waals surface area contributed by atoms with E-state index >= 15 is 0 Å². The lowest BCUT2D eigenvalue weighted by Crippen LogP contribution is -2.30. The molecule has 0 unspecified atom stereocenters. The Hall–Kier alpha value is -2.88. The Kier molecular flexibility index (Phi) is 6.86. The number of anilines is 1. The molecule has 3 aromatic rings. The molecule has 1 amide bonds. The third kappa shape index (κ3) is 5.25. The van der Waals surface area contributed by atoms with Crippen LogP contribution in [0.3, 0.4) is 0 Å². The smallest absolute Gasteiger partial charge is 0.414 e. The van der Waals surface area contributed by atoms with Crippen LogP contribution in [0.2, 0.25) is 0 Å². The highest BCUT2D eigenvalue weighted by Crippen LogP contribution is 2.29. The van der Waals surface area contributed by atoms with Crippen LogP contribution in [0.25, 0.3) is 11.1 Å². The van der Waals surface area contributed by atoms with E-state index in [9.17, 15) is 9.18 Å². The second-order valence-corrected chi connectivity index (χ2v) is 7.90. The largest absolute Gasteiger partial charge is 0.443 e. The van der Waals surface area contributed by atoms with Gasteiger partial charge in [0.25, 0.3) is 0 Å². The number of carbonyl (C=O) groups is 1. The van der Waals surface area contributed by atoms with Crippen LogP contribution in [-0.4, -0.2) is 41.4 Å². The van der Waals surface area contributed by atoms with Gasteiger partial charge in [-0.05, 0) is 53.5 Å². The average Bonchev–Trinajstić information content (AvgIpc) is 3.42. The van der Waals surface area contributed by atoms with Gasteiger partial charge in [-0.3, -0.25) is 4.90 Å². The summed E-state index contributed by atoms with van der Waals surface area (Å²) in [6, 6.07) is 12.6. The molecule has 31 heavy (non-hydrogen) atoms. The number of likely N-dealkylation sites (N-methyl/N-ethyl adjacent to an activating group) is 1. The van der Waals surface area contributed by atoms with Crippen LogP contribution in [0.1, 0.15) is 18.2 Å². The topological polar surface area (TPSA) is 79.4 Å². The minimum Gasteiger partial charge on any atom is -0.443 e. The van der Waals surface area contributed by atoms with Gasteiger partial charge in [0.2, 0.25) is 0 Å². The molecule has 0 radical (unpaired) electrons. The standard InChI is InChI=1S/C22H24FN5O2S/c1-2-24-12-19-13-28(22(29)30-19)18-6-7-20(21(23)9-18)16-5-3-4-15(8-16)10-25-11-17-14-31-27-26-17/h3-9,14,19,24-25H,2,10-13H2,1H3/t19-/m0/s1. The molecule has 2 N–H and O–H groups in total. The maximum atomic E-state index is 15.0. The quantitative estimate of drug-likeness (QED) is 0.529. The van der Waals surface area contributed by atoms with Crippen LogP contribution in [0, 0.1) is 5.82 Å². The second-order valence-electron chi connectivity index (χ2n) is 7.29. The van der Waals surface area contributed by atoms with E-state index in [1.807, 2.05) is 36.6 Å². The predicted octanol–water partition coefficient (Wildman–Crippen LogP) is 3.57. The fraction of sp³-hybridized carbons (Fsp3) is 0.318. The predicted molar refractivity (Wildman–Crippen MR) is 118 cm³/mol. The summed E-state index contributed by atoms with van der Waals surface area (Å²) >= 11 is 1.32. The molecular weight excluding hydrogens is 417 g/mol. The number of benzene rings is 2. The van der Waals surface area contributed by atoms with Gasteiger partial charge in [0.1, 0.15) is 11.9 Å². The first-order chi connectivity index (χ1) is 15.1. The zero-order valence-electron chi connectivity index (χ0n) is 17.2. The van der Waals surface area contributed by atoms with Gasteiger partial charge in [-0.15, -0.1) is 5.10 Å². The van der Waals surface area contributed by atoms with Crippen molar-refractivity contribution < 1.29 is 13.9 Å². The van der Waals surface area contributed by atoms with Gasteiger partial charge in [0, 0.05) is 30.6 Å². The first-order valence-electron chi connectivity index (χ1n) is 10.2. The number of hydrogen-bond donors (Lipinski definition) is 2. The molecule has 0 spiro atoms. The summed E-state index contributed by atoms with van der Waals surface area (Å²) < 4.78 is 24.2. The molecule has 0 saturated carbocycles. The number of amides is 1. The molecule has 1 aromatic heterocycles. The van der Waals surface area contributed by atoms with Gasteiger partial charge in [-0.25, -0.2) is 9.18 Å². The van der Waals surface area contributed by atoms with Crippen LogP contribution >= 0.6 is 11.5 Å². The van der Waals surface area contributed by atoms with E-state index in [0.29, 0.717) is 37.4 Å². The van der Waals surface area contributed by atoms with Crippen molar-refractivity contribution in [2.75, 3.05) is 24.5 Å². The van der Waals surface area contributed by atoms with E-state index in [4.69, 9.17) is 4.74 Å². The monoisotopic (exact) mass is 441 g/mol. The van der Waals surface area contributed by atoms with Gasteiger partial charge >= 0.3 is 6.09 Å². The minimum atomic E-state index is -0.446. The molecule has 0 bridgehead atoms. The van der Waals surface area contributed by atoms with Gasteiger partial charge in [-0.2, -0.15) is 0 Å². The SMILES string of the molecule is CCNC[C@H]1CN(c2ccc(-c3cccc(CNCc4csnn4)c3)c(F)c2)C(=O)O1. The summed E-state index contributed by atoms with van der Waals surface area (Å²) in [5.74, 6) is -0.376. The van der Waals surface area contributed by atoms with Crippen molar-refractivity contribution in [2.45, 2.75) is 26.1 Å². The molecule has 9 heteroatoms. The maximum Gasteiger partial charge on any atom is 0.414 e. The first-order valence-corrected chi connectivity index (χ1v) is 11.0. The fourth-order valence-corrected chi connectivity index (χ4v) is 3.95. The van der Waals surface area contributed by atoms with Crippen LogP contribution in [0.4, 0.5) is 14.9 Å². The number of rotatable bonds is 9. The first kappa shape index (κ1) is 21.4. The Morgan fingerprint density at radius 2 is 2.13 bits per heavy atom. The van der Waals surface area contributed by atoms with Crippen LogP contribution in [-0.2, 0) is 17.8 Å². The summed E-state index contributed by atoms with van der Waals surface area (Å²) in [6.07, 6.45) is -0.683. The highest BCUT2D eigenvalue weighted by atomic mass is 32.1. The van der Waals surface area contributed by atoms with Gasteiger partial charge < -0.3 is 15.4 Å². The Bertz CT molecular complexity index is 1030. The van der Waals surface area contributed by atoms with Crippen molar-refractivity contribution in [2.24, 2.45) is 0 Å². The molecule has 1 fully saturated rings.